The normalized spacial score (nSPS) is 22.8. The minimum atomic E-state index is -0.317. The molecule has 4 nitrogen and oxygen atoms in total. The summed E-state index contributed by atoms with van der Waals surface area (Å²) in [5.41, 5.74) is 7.63. The summed E-state index contributed by atoms with van der Waals surface area (Å²) in [5.74, 6) is 0.605. The van der Waals surface area contributed by atoms with Crippen LogP contribution in [0.5, 0.6) is 0 Å². The maximum Gasteiger partial charge on any atom is 0.226 e. The van der Waals surface area contributed by atoms with E-state index in [-0.39, 0.29) is 11.4 Å². The first-order chi connectivity index (χ1) is 10.0. The molecule has 3 rings (SSSR count). The number of anilines is 1. The van der Waals surface area contributed by atoms with Crippen LogP contribution in [0.4, 0.5) is 5.00 Å². The number of nitriles is 1. The van der Waals surface area contributed by atoms with E-state index in [0.29, 0.717) is 17.9 Å². The van der Waals surface area contributed by atoms with Gasteiger partial charge in [-0.15, -0.1) is 11.3 Å². The molecule has 1 aromatic heterocycles. The van der Waals surface area contributed by atoms with E-state index in [1.807, 2.05) is 0 Å². The van der Waals surface area contributed by atoms with Crippen molar-refractivity contribution in [2.24, 2.45) is 11.7 Å². The fraction of sp³-hybridized carbons (Fsp3) is 0.625. The fourth-order valence-corrected chi connectivity index (χ4v) is 4.63. The molecule has 0 spiro atoms. The SMILES string of the molecule is CC1CCc2c(sc(NC(=O)CC3(N)CCC3)c2C#N)C1. The van der Waals surface area contributed by atoms with Crippen LogP contribution >= 0.6 is 11.3 Å². The number of hydrogen-bond donors (Lipinski definition) is 2. The molecule has 0 saturated heterocycles. The maximum atomic E-state index is 12.2. The van der Waals surface area contributed by atoms with Gasteiger partial charge in [0.05, 0.1) is 5.56 Å². The van der Waals surface area contributed by atoms with E-state index in [2.05, 4.69) is 18.3 Å². The van der Waals surface area contributed by atoms with E-state index >= 15 is 0 Å². The molecule has 112 valence electrons. The Morgan fingerprint density at radius 2 is 2.33 bits per heavy atom. The molecule has 0 aliphatic heterocycles. The number of nitrogens with one attached hydrogen (secondary N) is 1. The zero-order valence-corrected chi connectivity index (χ0v) is 13.2. The van der Waals surface area contributed by atoms with Crippen molar-refractivity contribution >= 4 is 22.2 Å². The summed E-state index contributed by atoms with van der Waals surface area (Å²) in [6.45, 7) is 2.24. The standard InChI is InChI=1S/C16H21N3OS/c1-10-3-4-11-12(9-17)15(21-13(11)7-10)19-14(20)8-16(18)5-2-6-16/h10H,2-8,18H2,1H3,(H,19,20). The Kier molecular flexibility index (Phi) is 3.76. The number of nitrogens with two attached hydrogens (primary N) is 1. The number of rotatable bonds is 3. The molecule has 2 aliphatic rings. The minimum Gasteiger partial charge on any atom is -0.325 e. The lowest BCUT2D eigenvalue weighted by Gasteiger charge is -2.37. The highest BCUT2D eigenvalue weighted by atomic mass is 32.1. The highest BCUT2D eigenvalue weighted by Gasteiger charge is 2.35. The molecule has 1 amide bonds. The maximum absolute atomic E-state index is 12.2. The van der Waals surface area contributed by atoms with Crippen molar-refractivity contribution in [3.8, 4) is 6.07 Å². The van der Waals surface area contributed by atoms with Gasteiger partial charge in [0.15, 0.2) is 0 Å². The summed E-state index contributed by atoms with van der Waals surface area (Å²) < 4.78 is 0. The van der Waals surface area contributed by atoms with Crippen LogP contribution in [0.1, 0.15) is 55.0 Å². The van der Waals surface area contributed by atoms with E-state index in [0.717, 1.165) is 49.1 Å². The van der Waals surface area contributed by atoms with Crippen molar-refractivity contribution in [1.82, 2.24) is 0 Å². The van der Waals surface area contributed by atoms with E-state index in [1.165, 1.54) is 4.88 Å². The number of thiophene rings is 1. The van der Waals surface area contributed by atoms with Crippen molar-refractivity contribution in [2.75, 3.05) is 5.32 Å². The van der Waals surface area contributed by atoms with E-state index < -0.39 is 0 Å². The first-order valence-electron chi connectivity index (χ1n) is 7.64. The second-order valence-corrected chi connectivity index (χ2v) is 7.71. The summed E-state index contributed by atoms with van der Waals surface area (Å²) in [5, 5.41) is 13.1. The summed E-state index contributed by atoms with van der Waals surface area (Å²) in [6, 6.07) is 2.28. The third kappa shape index (κ3) is 2.83. The predicted molar refractivity (Wildman–Crippen MR) is 84.2 cm³/mol. The molecule has 0 bridgehead atoms. The number of fused-ring (bicyclic) bond motifs is 1. The number of hydrogen-bond acceptors (Lipinski definition) is 4. The molecular weight excluding hydrogens is 282 g/mol. The Labute approximate surface area is 129 Å². The van der Waals surface area contributed by atoms with Gasteiger partial charge in [-0.3, -0.25) is 4.79 Å². The summed E-state index contributed by atoms with van der Waals surface area (Å²) in [7, 11) is 0. The van der Waals surface area contributed by atoms with Gasteiger partial charge in [0.2, 0.25) is 5.91 Å². The highest BCUT2D eigenvalue weighted by Crippen LogP contribution is 2.39. The number of carbonyl (C=O) groups excluding carboxylic acids is 1. The molecule has 1 aromatic rings. The third-order valence-electron chi connectivity index (χ3n) is 4.74. The summed E-state index contributed by atoms with van der Waals surface area (Å²) in [4.78, 5) is 13.4. The Bertz CT molecular complexity index is 610. The zero-order chi connectivity index (χ0) is 15.0. The van der Waals surface area contributed by atoms with Gasteiger partial charge in [0.1, 0.15) is 11.1 Å². The molecule has 1 heterocycles. The van der Waals surface area contributed by atoms with E-state index in [9.17, 15) is 10.1 Å². The van der Waals surface area contributed by atoms with E-state index in [4.69, 9.17) is 5.73 Å². The van der Waals surface area contributed by atoms with Crippen LogP contribution in [-0.4, -0.2) is 11.4 Å². The van der Waals surface area contributed by atoms with Gasteiger partial charge in [0, 0.05) is 16.8 Å². The minimum absolute atomic E-state index is 0.0552. The van der Waals surface area contributed by atoms with Crippen LogP contribution in [0.25, 0.3) is 0 Å². The second kappa shape index (κ2) is 5.43. The lowest BCUT2D eigenvalue weighted by molar-refractivity contribution is -0.118. The molecule has 1 fully saturated rings. The molecule has 5 heteroatoms. The van der Waals surface area contributed by atoms with Crippen molar-refractivity contribution in [3.63, 3.8) is 0 Å². The van der Waals surface area contributed by atoms with Crippen LogP contribution in [0, 0.1) is 17.2 Å². The Morgan fingerprint density at radius 1 is 1.57 bits per heavy atom. The summed E-state index contributed by atoms with van der Waals surface area (Å²) >= 11 is 1.57. The van der Waals surface area contributed by atoms with Gasteiger partial charge in [-0.05, 0) is 50.0 Å². The fourth-order valence-electron chi connectivity index (χ4n) is 3.26. The Balaban J connectivity index is 1.76. The highest BCUT2D eigenvalue weighted by molar-refractivity contribution is 7.16. The topological polar surface area (TPSA) is 78.9 Å². The molecule has 2 aliphatic carbocycles. The Hall–Kier alpha value is -1.38. The van der Waals surface area contributed by atoms with Gasteiger partial charge in [0.25, 0.3) is 0 Å². The van der Waals surface area contributed by atoms with Crippen LogP contribution in [0.2, 0.25) is 0 Å². The third-order valence-corrected chi connectivity index (χ3v) is 5.91. The Morgan fingerprint density at radius 3 is 2.95 bits per heavy atom. The lowest BCUT2D eigenvalue weighted by Crippen LogP contribution is -2.48. The molecule has 0 radical (unpaired) electrons. The van der Waals surface area contributed by atoms with Gasteiger partial charge < -0.3 is 11.1 Å². The number of amides is 1. The van der Waals surface area contributed by atoms with Crippen molar-refractivity contribution in [1.29, 1.82) is 5.26 Å². The van der Waals surface area contributed by atoms with Crippen LogP contribution in [0.15, 0.2) is 0 Å². The lowest BCUT2D eigenvalue weighted by atomic mass is 9.75. The van der Waals surface area contributed by atoms with Crippen molar-refractivity contribution in [2.45, 2.75) is 57.4 Å². The number of carbonyl (C=O) groups is 1. The van der Waals surface area contributed by atoms with Crippen molar-refractivity contribution in [3.05, 3.63) is 16.0 Å². The predicted octanol–water partition coefficient (Wildman–Crippen LogP) is 2.95. The van der Waals surface area contributed by atoms with Gasteiger partial charge >= 0.3 is 0 Å². The average Bonchev–Trinajstić information content (AvgIpc) is 2.72. The molecule has 1 unspecified atom stereocenters. The van der Waals surface area contributed by atoms with Gasteiger partial charge in [-0.2, -0.15) is 5.26 Å². The largest absolute Gasteiger partial charge is 0.325 e. The van der Waals surface area contributed by atoms with Crippen molar-refractivity contribution < 1.29 is 4.79 Å². The number of nitrogens with zero attached hydrogens (tertiary/aromatic N) is 1. The monoisotopic (exact) mass is 303 g/mol. The first-order valence-corrected chi connectivity index (χ1v) is 8.46. The average molecular weight is 303 g/mol. The summed E-state index contributed by atoms with van der Waals surface area (Å²) in [6.07, 6.45) is 6.40. The molecule has 3 N–H and O–H groups in total. The second-order valence-electron chi connectivity index (χ2n) is 6.61. The van der Waals surface area contributed by atoms with Gasteiger partial charge in [-0.25, -0.2) is 0 Å². The van der Waals surface area contributed by atoms with E-state index in [1.54, 1.807) is 11.3 Å². The first kappa shape index (κ1) is 14.6. The molecule has 0 aromatic carbocycles. The molecule has 1 atom stereocenters. The van der Waals surface area contributed by atoms with Gasteiger partial charge in [-0.1, -0.05) is 6.92 Å². The van der Waals surface area contributed by atoms with Crippen LogP contribution < -0.4 is 11.1 Å². The van der Waals surface area contributed by atoms with Crippen LogP contribution in [-0.2, 0) is 17.6 Å². The zero-order valence-electron chi connectivity index (χ0n) is 12.4. The quantitative estimate of drug-likeness (QED) is 0.901. The smallest absolute Gasteiger partial charge is 0.226 e. The molecular formula is C16H21N3OS. The molecule has 21 heavy (non-hydrogen) atoms. The van der Waals surface area contributed by atoms with Crippen LogP contribution in [0.3, 0.4) is 0 Å². The molecule has 1 saturated carbocycles.